The minimum Gasteiger partial charge on any atom is -0.368 e. The van der Waals surface area contributed by atoms with Crippen molar-refractivity contribution in [3.05, 3.63) is 0 Å². The van der Waals surface area contributed by atoms with Crippen molar-refractivity contribution < 1.29 is 14.2 Å². The maximum atomic E-state index is 10.6. The van der Waals surface area contributed by atoms with Crippen molar-refractivity contribution in [1.82, 2.24) is 0 Å². The molecule has 1 aliphatic heterocycles. The zero-order chi connectivity index (χ0) is 7.07. The highest BCUT2D eigenvalue weighted by Crippen LogP contribution is 2.43. The Labute approximate surface area is 54.9 Å². The summed E-state index contributed by atoms with van der Waals surface area (Å²) in [6, 6.07) is 0. The van der Waals surface area contributed by atoms with Crippen LogP contribution < -0.4 is 0 Å². The summed E-state index contributed by atoms with van der Waals surface area (Å²) in [7, 11) is -2.10. The van der Waals surface area contributed by atoms with E-state index in [-0.39, 0.29) is 6.10 Å². The summed E-state index contributed by atoms with van der Waals surface area (Å²) in [6.45, 7) is 4.11. The second-order valence-corrected chi connectivity index (χ2v) is 4.45. The topological polar surface area (TPSA) is 49.8 Å². The van der Waals surface area contributed by atoms with Gasteiger partial charge in [0.2, 0.25) is 5.16 Å². The molecule has 1 fully saturated rings. The van der Waals surface area contributed by atoms with Crippen LogP contribution in [0.4, 0.5) is 0 Å². The van der Waals surface area contributed by atoms with Crippen molar-refractivity contribution in [3.63, 3.8) is 0 Å². The van der Waals surface area contributed by atoms with Crippen LogP contribution in [-0.2, 0) is 9.30 Å². The van der Waals surface area contributed by atoms with E-state index in [1.54, 1.807) is 13.8 Å². The van der Waals surface area contributed by atoms with Gasteiger partial charge in [-0.3, -0.25) is 0 Å². The molecule has 9 heavy (non-hydrogen) atoms. The Morgan fingerprint density at radius 1 is 1.78 bits per heavy atom. The maximum Gasteiger partial charge on any atom is 0.514 e. The van der Waals surface area contributed by atoms with Crippen molar-refractivity contribution in [1.29, 1.82) is 0 Å². The Morgan fingerprint density at radius 2 is 2.22 bits per heavy atom. The van der Waals surface area contributed by atoms with Crippen molar-refractivity contribution in [2.24, 2.45) is 0 Å². The summed E-state index contributed by atoms with van der Waals surface area (Å²) in [5.74, 6) is 0. The molecule has 0 aromatic heterocycles. The zero-order valence-corrected chi connectivity index (χ0v) is 6.39. The molecular formula is C5H10O3P+. The molecule has 1 rings (SSSR count). The van der Waals surface area contributed by atoms with E-state index in [0.717, 1.165) is 0 Å². The molecule has 2 unspecified atom stereocenters. The van der Waals surface area contributed by atoms with E-state index < -0.39 is 13.2 Å². The van der Waals surface area contributed by atoms with Gasteiger partial charge in [-0.1, -0.05) is 0 Å². The molecule has 52 valence electrons. The molecule has 3 nitrogen and oxygen atoms in total. The van der Waals surface area contributed by atoms with Crippen molar-refractivity contribution in [2.45, 2.75) is 25.1 Å². The van der Waals surface area contributed by atoms with Gasteiger partial charge in [0.05, 0.1) is 6.61 Å². The molecule has 0 amide bonds. The molecule has 1 heterocycles. The summed E-state index contributed by atoms with van der Waals surface area (Å²) in [5, 5.41) is -0.546. The summed E-state index contributed by atoms with van der Waals surface area (Å²) in [4.78, 5) is 8.72. The largest absolute Gasteiger partial charge is 0.514 e. The van der Waals surface area contributed by atoms with Gasteiger partial charge in [0.1, 0.15) is 6.10 Å². The lowest BCUT2D eigenvalue weighted by Gasteiger charge is -2.03. The van der Waals surface area contributed by atoms with Crippen molar-refractivity contribution in [3.8, 4) is 0 Å². The van der Waals surface area contributed by atoms with Crippen molar-refractivity contribution >= 4 is 8.03 Å². The Kier molecular flexibility index (Phi) is 1.59. The van der Waals surface area contributed by atoms with E-state index >= 15 is 0 Å². The third-order valence-corrected chi connectivity index (χ3v) is 2.89. The average Bonchev–Trinajstić information content (AvgIpc) is 2.42. The quantitative estimate of drug-likeness (QED) is 0.468. The van der Waals surface area contributed by atoms with Crippen LogP contribution >= 0.6 is 8.03 Å². The Bertz CT molecular complexity index is 139. The summed E-state index contributed by atoms with van der Waals surface area (Å²) < 4.78 is 15.5. The van der Waals surface area contributed by atoms with E-state index in [4.69, 9.17) is 9.63 Å². The Hall–Kier alpha value is 0.0200. The molecule has 1 aliphatic rings. The zero-order valence-electron chi connectivity index (χ0n) is 5.50. The lowest BCUT2D eigenvalue weighted by molar-refractivity contribution is 0.351. The second kappa shape index (κ2) is 2.01. The van der Waals surface area contributed by atoms with Crippen LogP contribution in [0.3, 0.4) is 0 Å². The van der Waals surface area contributed by atoms with Crippen LogP contribution in [0.5, 0.6) is 0 Å². The highest BCUT2D eigenvalue weighted by molar-refractivity contribution is 7.40. The van der Waals surface area contributed by atoms with Gasteiger partial charge in [0, 0.05) is 0 Å². The second-order valence-electron chi connectivity index (χ2n) is 2.75. The molecule has 0 aromatic carbocycles. The fourth-order valence-corrected chi connectivity index (χ4v) is 0.975. The average molecular weight is 149 g/mol. The first kappa shape index (κ1) is 7.13. The minimum absolute atomic E-state index is 0.00566. The van der Waals surface area contributed by atoms with Crippen LogP contribution in [0.1, 0.15) is 13.8 Å². The van der Waals surface area contributed by atoms with Crippen LogP contribution in [-0.4, -0.2) is 22.8 Å². The Balaban J connectivity index is 2.59. The molecule has 0 bridgehead atoms. The lowest BCUT2D eigenvalue weighted by Crippen LogP contribution is -2.22. The number of hydrogen-bond donors (Lipinski definition) is 1. The van der Waals surface area contributed by atoms with Gasteiger partial charge in [-0.15, -0.1) is 0 Å². The number of epoxide rings is 1. The van der Waals surface area contributed by atoms with Gasteiger partial charge < -0.3 is 4.74 Å². The SMILES string of the molecule is CC(C)(C1CO1)[P+](=O)O. The van der Waals surface area contributed by atoms with Gasteiger partial charge in [0.15, 0.2) is 0 Å². The third kappa shape index (κ3) is 1.29. The first-order valence-corrected chi connectivity index (χ1v) is 4.04. The third-order valence-electron chi connectivity index (χ3n) is 1.61. The number of hydrogen-bond acceptors (Lipinski definition) is 2. The van der Waals surface area contributed by atoms with E-state index in [2.05, 4.69) is 0 Å². The van der Waals surface area contributed by atoms with E-state index in [1.807, 2.05) is 0 Å². The molecule has 0 radical (unpaired) electrons. The molecule has 2 atom stereocenters. The van der Waals surface area contributed by atoms with Crippen LogP contribution in [0, 0.1) is 0 Å². The number of rotatable bonds is 2. The normalized spacial score (nSPS) is 27.9. The Morgan fingerprint density at radius 3 is 2.33 bits per heavy atom. The molecule has 0 aromatic rings. The van der Waals surface area contributed by atoms with Gasteiger partial charge >= 0.3 is 8.03 Å². The molecule has 4 heteroatoms. The van der Waals surface area contributed by atoms with Crippen LogP contribution in [0.25, 0.3) is 0 Å². The van der Waals surface area contributed by atoms with Crippen LogP contribution in [0.15, 0.2) is 0 Å². The van der Waals surface area contributed by atoms with Crippen LogP contribution in [0.2, 0.25) is 0 Å². The molecule has 0 saturated carbocycles. The van der Waals surface area contributed by atoms with Gasteiger partial charge in [-0.2, -0.15) is 4.89 Å². The smallest absolute Gasteiger partial charge is 0.368 e. The fraction of sp³-hybridized carbons (Fsp3) is 1.00. The molecule has 1 N–H and O–H groups in total. The number of ether oxygens (including phenoxy) is 1. The fourth-order valence-electron chi connectivity index (χ4n) is 0.579. The van der Waals surface area contributed by atoms with Gasteiger partial charge in [-0.25, -0.2) is 0 Å². The van der Waals surface area contributed by atoms with E-state index in [1.165, 1.54) is 0 Å². The molecule has 0 spiro atoms. The minimum atomic E-state index is -2.10. The van der Waals surface area contributed by atoms with Crippen molar-refractivity contribution in [2.75, 3.05) is 6.61 Å². The van der Waals surface area contributed by atoms with Gasteiger partial charge in [-0.05, 0) is 18.4 Å². The molecular weight excluding hydrogens is 139 g/mol. The first-order chi connectivity index (χ1) is 4.05. The molecule has 0 aliphatic carbocycles. The first-order valence-electron chi connectivity index (χ1n) is 2.83. The maximum absolute atomic E-state index is 10.6. The van der Waals surface area contributed by atoms with E-state index in [0.29, 0.717) is 6.61 Å². The van der Waals surface area contributed by atoms with E-state index in [9.17, 15) is 4.57 Å². The molecule has 1 saturated heterocycles. The standard InChI is InChI=1S/C5H9O3P/c1-5(2,9(6)7)4-3-8-4/h4H,3H2,1-2H3/p+1. The van der Waals surface area contributed by atoms with Gasteiger partial charge in [0.25, 0.3) is 0 Å². The predicted molar refractivity (Wildman–Crippen MR) is 33.6 cm³/mol. The highest BCUT2D eigenvalue weighted by atomic mass is 31.1. The predicted octanol–water partition coefficient (Wildman–Crippen LogP) is 0.898. The summed E-state index contributed by atoms with van der Waals surface area (Å²) in [6.07, 6.45) is 0.00566. The lowest BCUT2D eigenvalue weighted by atomic mass is 10.1. The highest BCUT2D eigenvalue weighted by Gasteiger charge is 2.54. The summed E-state index contributed by atoms with van der Waals surface area (Å²) in [5.41, 5.74) is 0. The summed E-state index contributed by atoms with van der Waals surface area (Å²) >= 11 is 0. The monoisotopic (exact) mass is 149 g/mol.